The summed E-state index contributed by atoms with van der Waals surface area (Å²) in [6.45, 7) is 1.98. The highest BCUT2D eigenvalue weighted by Gasteiger charge is 2.08. The van der Waals surface area contributed by atoms with E-state index in [2.05, 4.69) is 5.32 Å². The maximum absolute atomic E-state index is 12.1. The first kappa shape index (κ1) is 13.5. The minimum atomic E-state index is -0.0758. The van der Waals surface area contributed by atoms with Gasteiger partial charge in [0.1, 0.15) is 0 Å². The highest BCUT2D eigenvalue weighted by molar-refractivity contribution is 6.06. The smallest absolute Gasteiger partial charge is 0.251 e. The van der Waals surface area contributed by atoms with Crippen molar-refractivity contribution in [2.24, 2.45) is 5.73 Å². The van der Waals surface area contributed by atoms with Crippen molar-refractivity contribution in [3.05, 3.63) is 48.0 Å². The van der Waals surface area contributed by atoms with Gasteiger partial charge >= 0.3 is 0 Å². The lowest BCUT2D eigenvalue weighted by Gasteiger charge is -2.08. The molecule has 0 saturated carbocycles. The SMILES string of the molecule is NCCOCCNC(=O)c1cccc2ccccc12. The molecule has 0 aromatic heterocycles. The minimum Gasteiger partial charge on any atom is -0.378 e. The van der Waals surface area contributed by atoms with Crippen LogP contribution in [0.4, 0.5) is 0 Å². The Morgan fingerprint density at radius 1 is 1.11 bits per heavy atom. The summed E-state index contributed by atoms with van der Waals surface area (Å²) in [5.74, 6) is -0.0758. The average Bonchev–Trinajstić information content (AvgIpc) is 2.46. The molecule has 0 aliphatic rings. The molecule has 3 N–H and O–H groups in total. The second kappa shape index (κ2) is 6.87. The number of fused-ring (bicyclic) bond motifs is 1. The molecule has 0 fully saturated rings. The largest absolute Gasteiger partial charge is 0.378 e. The van der Waals surface area contributed by atoms with Gasteiger partial charge in [-0.2, -0.15) is 0 Å². The Kier molecular flexibility index (Phi) is 4.89. The third-order valence-electron chi connectivity index (χ3n) is 2.83. The Balaban J connectivity index is 2.01. The zero-order valence-corrected chi connectivity index (χ0v) is 10.8. The van der Waals surface area contributed by atoms with Gasteiger partial charge in [-0.15, -0.1) is 0 Å². The molecule has 2 rings (SSSR count). The topological polar surface area (TPSA) is 64.3 Å². The maximum Gasteiger partial charge on any atom is 0.251 e. The van der Waals surface area contributed by atoms with Crippen molar-refractivity contribution in [1.82, 2.24) is 5.32 Å². The number of hydrogen-bond acceptors (Lipinski definition) is 3. The van der Waals surface area contributed by atoms with E-state index in [4.69, 9.17) is 10.5 Å². The summed E-state index contributed by atoms with van der Waals surface area (Å²) in [7, 11) is 0. The van der Waals surface area contributed by atoms with Crippen LogP contribution in [0.3, 0.4) is 0 Å². The van der Waals surface area contributed by atoms with E-state index in [9.17, 15) is 4.79 Å². The lowest BCUT2D eigenvalue weighted by Crippen LogP contribution is -2.28. The van der Waals surface area contributed by atoms with Gasteiger partial charge in [0.25, 0.3) is 5.91 Å². The fourth-order valence-electron chi connectivity index (χ4n) is 1.94. The molecule has 4 nitrogen and oxygen atoms in total. The van der Waals surface area contributed by atoms with Crippen molar-refractivity contribution in [1.29, 1.82) is 0 Å². The normalized spacial score (nSPS) is 10.6. The molecule has 0 bridgehead atoms. The van der Waals surface area contributed by atoms with Crippen molar-refractivity contribution in [2.75, 3.05) is 26.3 Å². The first-order chi connectivity index (χ1) is 9.33. The molecule has 0 aliphatic carbocycles. The predicted molar refractivity (Wildman–Crippen MR) is 76.2 cm³/mol. The average molecular weight is 258 g/mol. The fourth-order valence-corrected chi connectivity index (χ4v) is 1.94. The van der Waals surface area contributed by atoms with E-state index in [0.29, 0.717) is 31.9 Å². The molecule has 0 aliphatic heterocycles. The monoisotopic (exact) mass is 258 g/mol. The van der Waals surface area contributed by atoms with Crippen molar-refractivity contribution in [3.8, 4) is 0 Å². The van der Waals surface area contributed by atoms with Crippen molar-refractivity contribution in [3.63, 3.8) is 0 Å². The Bertz CT molecular complexity index is 549. The van der Waals surface area contributed by atoms with E-state index >= 15 is 0 Å². The van der Waals surface area contributed by atoms with Crippen LogP contribution in [-0.2, 0) is 4.74 Å². The number of benzene rings is 2. The van der Waals surface area contributed by atoms with Crippen LogP contribution in [0.5, 0.6) is 0 Å². The summed E-state index contributed by atoms with van der Waals surface area (Å²) in [4.78, 5) is 12.1. The molecule has 2 aromatic rings. The highest BCUT2D eigenvalue weighted by atomic mass is 16.5. The fraction of sp³-hybridized carbons (Fsp3) is 0.267. The summed E-state index contributed by atoms with van der Waals surface area (Å²) in [5.41, 5.74) is 6.00. The number of nitrogens with two attached hydrogens (primary N) is 1. The quantitative estimate of drug-likeness (QED) is 0.773. The van der Waals surface area contributed by atoms with Gasteiger partial charge in [0.15, 0.2) is 0 Å². The molecule has 100 valence electrons. The van der Waals surface area contributed by atoms with E-state index < -0.39 is 0 Å². The summed E-state index contributed by atoms with van der Waals surface area (Å²) in [6.07, 6.45) is 0. The zero-order chi connectivity index (χ0) is 13.5. The van der Waals surface area contributed by atoms with Gasteiger partial charge in [0.05, 0.1) is 13.2 Å². The first-order valence-corrected chi connectivity index (χ1v) is 6.36. The van der Waals surface area contributed by atoms with Gasteiger partial charge in [0, 0.05) is 18.7 Å². The van der Waals surface area contributed by atoms with Crippen LogP contribution in [0.25, 0.3) is 10.8 Å². The molecule has 0 unspecified atom stereocenters. The molecule has 0 heterocycles. The van der Waals surface area contributed by atoms with Gasteiger partial charge < -0.3 is 15.8 Å². The Morgan fingerprint density at radius 3 is 2.74 bits per heavy atom. The van der Waals surface area contributed by atoms with E-state index in [1.54, 1.807) is 0 Å². The zero-order valence-electron chi connectivity index (χ0n) is 10.8. The van der Waals surface area contributed by atoms with Gasteiger partial charge in [-0.25, -0.2) is 0 Å². The molecule has 0 spiro atoms. The van der Waals surface area contributed by atoms with E-state index in [0.717, 1.165) is 10.8 Å². The van der Waals surface area contributed by atoms with Crippen molar-refractivity contribution >= 4 is 16.7 Å². The molecule has 19 heavy (non-hydrogen) atoms. The summed E-state index contributed by atoms with van der Waals surface area (Å²) >= 11 is 0. The number of ether oxygens (including phenoxy) is 1. The molecule has 4 heteroatoms. The van der Waals surface area contributed by atoms with Crippen LogP contribution in [0.15, 0.2) is 42.5 Å². The molecule has 0 saturated heterocycles. The molecule has 1 amide bonds. The first-order valence-electron chi connectivity index (χ1n) is 6.36. The van der Waals surface area contributed by atoms with Gasteiger partial charge in [-0.05, 0) is 16.8 Å². The van der Waals surface area contributed by atoms with Gasteiger partial charge in [-0.3, -0.25) is 4.79 Å². The molecule has 0 radical (unpaired) electrons. The Hall–Kier alpha value is -1.91. The minimum absolute atomic E-state index is 0.0758. The van der Waals surface area contributed by atoms with Crippen LogP contribution in [-0.4, -0.2) is 32.2 Å². The second-order valence-electron chi connectivity index (χ2n) is 4.18. The number of nitrogens with one attached hydrogen (secondary N) is 1. The molecular formula is C15H18N2O2. The Morgan fingerprint density at radius 2 is 1.89 bits per heavy atom. The summed E-state index contributed by atoms with van der Waals surface area (Å²) in [6, 6.07) is 13.6. The molecular weight excluding hydrogens is 240 g/mol. The van der Waals surface area contributed by atoms with Crippen molar-refractivity contribution in [2.45, 2.75) is 0 Å². The number of carbonyl (C=O) groups is 1. The van der Waals surface area contributed by atoms with Gasteiger partial charge in [0.2, 0.25) is 0 Å². The van der Waals surface area contributed by atoms with Crippen LogP contribution >= 0.6 is 0 Å². The summed E-state index contributed by atoms with van der Waals surface area (Å²) < 4.78 is 5.22. The Labute approximate surface area is 112 Å². The lowest BCUT2D eigenvalue weighted by atomic mass is 10.0. The van der Waals surface area contributed by atoms with E-state index in [-0.39, 0.29) is 5.91 Å². The second-order valence-corrected chi connectivity index (χ2v) is 4.18. The summed E-state index contributed by atoms with van der Waals surface area (Å²) in [5, 5.41) is 4.87. The van der Waals surface area contributed by atoms with Crippen LogP contribution in [0, 0.1) is 0 Å². The predicted octanol–water partition coefficient (Wildman–Crippen LogP) is 1.54. The van der Waals surface area contributed by atoms with E-state index in [1.807, 2.05) is 42.5 Å². The molecule has 2 aromatic carbocycles. The number of carbonyl (C=O) groups excluding carboxylic acids is 1. The highest BCUT2D eigenvalue weighted by Crippen LogP contribution is 2.18. The van der Waals surface area contributed by atoms with Crippen LogP contribution < -0.4 is 11.1 Å². The van der Waals surface area contributed by atoms with Gasteiger partial charge in [-0.1, -0.05) is 36.4 Å². The third-order valence-corrected chi connectivity index (χ3v) is 2.83. The number of rotatable bonds is 6. The van der Waals surface area contributed by atoms with Crippen molar-refractivity contribution < 1.29 is 9.53 Å². The van der Waals surface area contributed by atoms with Crippen LogP contribution in [0.1, 0.15) is 10.4 Å². The lowest BCUT2D eigenvalue weighted by molar-refractivity contribution is 0.0921. The van der Waals surface area contributed by atoms with E-state index in [1.165, 1.54) is 0 Å². The number of amides is 1. The third kappa shape index (κ3) is 3.53. The molecule has 0 atom stereocenters. The van der Waals surface area contributed by atoms with Crippen LogP contribution in [0.2, 0.25) is 0 Å². The maximum atomic E-state index is 12.1. The number of hydrogen-bond donors (Lipinski definition) is 2. The standard InChI is InChI=1S/C15H18N2O2/c16-8-10-19-11-9-17-15(18)14-7-3-5-12-4-1-2-6-13(12)14/h1-7H,8-11,16H2,(H,17,18).